The molecule has 0 aliphatic rings. The molecule has 3 heteroatoms. The molecule has 1 aromatic rings. The summed E-state index contributed by atoms with van der Waals surface area (Å²) in [5, 5.41) is 7.95. The van der Waals surface area contributed by atoms with Crippen LogP contribution in [0.4, 0.5) is 0 Å². The van der Waals surface area contributed by atoms with Crippen molar-refractivity contribution in [3.05, 3.63) is 17.0 Å². The highest BCUT2D eigenvalue weighted by atomic mass is 15.3. The summed E-state index contributed by atoms with van der Waals surface area (Å²) in [5.74, 6) is 0. The fourth-order valence-electron chi connectivity index (χ4n) is 1.77. The van der Waals surface area contributed by atoms with E-state index in [4.69, 9.17) is 0 Å². The fraction of sp³-hybridized carbons (Fsp3) is 0.750. The molecular weight excluding hydrogens is 186 g/mol. The highest BCUT2D eigenvalue weighted by Gasteiger charge is 2.07. The van der Waals surface area contributed by atoms with Gasteiger partial charge in [0.15, 0.2) is 0 Å². The molecule has 0 aliphatic heterocycles. The van der Waals surface area contributed by atoms with Gasteiger partial charge >= 0.3 is 0 Å². The van der Waals surface area contributed by atoms with Gasteiger partial charge in [-0.1, -0.05) is 6.92 Å². The zero-order valence-electron chi connectivity index (χ0n) is 10.6. The molecule has 1 N–H and O–H groups in total. The van der Waals surface area contributed by atoms with Crippen LogP contribution >= 0.6 is 0 Å². The third-order valence-electron chi connectivity index (χ3n) is 3.07. The Kier molecular flexibility index (Phi) is 4.33. The van der Waals surface area contributed by atoms with Crippen LogP contribution in [0.25, 0.3) is 0 Å². The predicted octanol–water partition coefficient (Wildman–Crippen LogP) is 2.20. The normalized spacial score (nSPS) is 13.1. The highest BCUT2D eigenvalue weighted by Crippen LogP contribution is 2.11. The SMILES string of the molecule is CCNC(C)CCn1nc(C)c(C)c1C. The summed E-state index contributed by atoms with van der Waals surface area (Å²) in [5.41, 5.74) is 3.78. The molecule has 0 amide bonds. The van der Waals surface area contributed by atoms with Gasteiger partial charge in [0.1, 0.15) is 0 Å². The summed E-state index contributed by atoms with van der Waals surface area (Å²) in [6.07, 6.45) is 1.13. The molecule has 1 rings (SSSR count). The first-order chi connectivity index (χ1) is 7.06. The number of rotatable bonds is 5. The van der Waals surface area contributed by atoms with Gasteiger partial charge in [0.2, 0.25) is 0 Å². The van der Waals surface area contributed by atoms with Crippen LogP contribution in [0.2, 0.25) is 0 Å². The van der Waals surface area contributed by atoms with Crippen LogP contribution < -0.4 is 5.32 Å². The van der Waals surface area contributed by atoms with E-state index in [2.05, 4.69) is 49.7 Å². The summed E-state index contributed by atoms with van der Waals surface area (Å²) in [6, 6.07) is 0.569. The Labute approximate surface area is 92.9 Å². The molecule has 86 valence electrons. The molecule has 0 fully saturated rings. The maximum Gasteiger partial charge on any atom is 0.0625 e. The van der Waals surface area contributed by atoms with Crippen LogP contribution in [0.1, 0.15) is 37.2 Å². The van der Waals surface area contributed by atoms with Crippen molar-refractivity contribution >= 4 is 0 Å². The van der Waals surface area contributed by atoms with Gasteiger partial charge in [-0.2, -0.15) is 5.10 Å². The van der Waals surface area contributed by atoms with Crippen molar-refractivity contribution in [1.82, 2.24) is 15.1 Å². The van der Waals surface area contributed by atoms with Crippen molar-refractivity contribution in [3.8, 4) is 0 Å². The van der Waals surface area contributed by atoms with E-state index in [0.717, 1.165) is 25.2 Å². The third kappa shape index (κ3) is 3.06. The first-order valence-corrected chi connectivity index (χ1v) is 5.80. The predicted molar refractivity (Wildman–Crippen MR) is 64.2 cm³/mol. The van der Waals surface area contributed by atoms with Gasteiger partial charge in [-0.25, -0.2) is 0 Å². The molecule has 0 spiro atoms. The van der Waals surface area contributed by atoms with E-state index in [-0.39, 0.29) is 0 Å². The number of aryl methyl sites for hydroxylation is 2. The average molecular weight is 209 g/mol. The van der Waals surface area contributed by atoms with Crippen LogP contribution in [-0.2, 0) is 6.54 Å². The van der Waals surface area contributed by atoms with Gasteiger partial charge in [0, 0.05) is 18.3 Å². The van der Waals surface area contributed by atoms with Gasteiger partial charge in [0.25, 0.3) is 0 Å². The van der Waals surface area contributed by atoms with Gasteiger partial charge in [-0.05, 0) is 46.2 Å². The monoisotopic (exact) mass is 209 g/mol. The number of hydrogen-bond acceptors (Lipinski definition) is 2. The van der Waals surface area contributed by atoms with Gasteiger partial charge < -0.3 is 5.32 Å². The Bertz CT molecular complexity index is 315. The lowest BCUT2D eigenvalue weighted by Crippen LogP contribution is -2.27. The maximum absolute atomic E-state index is 4.53. The summed E-state index contributed by atoms with van der Waals surface area (Å²) in [6.45, 7) is 12.8. The first-order valence-electron chi connectivity index (χ1n) is 5.80. The van der Waals surface area contributed by atoms with Crippen LogP contribution in [0.3, 0.4) is 0 Å². The van der Waals surface area contributed by atoms with Crippen LogP contribution in [0.5, 0.6) is 0 Å². The summed E-state index contributed by atoms with van der Waals surface area (Å²) in [7, 11) is 0. The molecular formula is C12H23N3. The van der Waals surface area contributed by atoms with E-state index in [9.17, 15) is 0 Å². The number of aromatic nitrogens is 2. The minimum atomic E-state index is 0.569. The Hall–Kier alpha value is -0.830. The standard InChI is InChI=1S/C12H23N3/c1-6-13-9(2)7-8-15-12(5)10(3)11(4)14-15/h9,13H,6-8H2,1-5H3. The highest BCUT2D eigenvalue weighted by molar-refractivity contribution is 5.21. The second-order valence-electron chi connectivity index (χ2n) is 4.27. The molecule has 0 saturated carbocycles. The molecule has 0 saturated heterocycles. The van der Waals surface area contributed by atoms with E-state index in [0.29, 0.717) is 6.04 Å². The van der Waals surface area contributed by atoms with E-state index in [1.54, 1.807) is 0 Å². The Morgan fingerprint density at radius 2 is 2.00 bits per heavy atom. The molecule has 1 heterocycles. The lowest BCUT2D eigenvalue weighted by Gasteiger charge is -2.12. The molecule has 1 atom stereocenters. The van der Waals surface area contributed by atoms with Crippen LogP contribution in [-0.4, -0.2) is 22.4 Å². The molecule has 0 bridgehead atoms. The lowest BCUT2D eigenvalue weighted by atomic mass is 10.2. The fourth-order valence-corrected chi connectivity index (χ4v) is 1.77. The summed E-state index contributed by atoms with van der Waals surface area (Å²) >= 11 is 0. The van der Waals surface area contributed by atoms with E-state index in [1.807, 2.05) is 0 Å². The molecule has 0 aromatic carbocycles. The molecule has 0 aliphatic carbocycles. The van der Waals surface area contributed by atoms with Crippen molar-refractivity contribution in [2.24, 2.45) is 0 Å². The van der Waals surface area contributed by atoms with Gasteiger partial charge in [-0.3, -0.25) is 4.68 Å². The van der Waals surface area contributed by atoms with Crippen molar-refractivity contribution in [2.75, 3.05) is 6.54 Å². The average Bonchev–Trinajstić information content (AvgIpc) is 2.43. The van der Waals surface area contributed by atoms with E-state index in [1.165, 1.54) is 11.3 Å². The second-order valence-corrected chi connectivity index (χ2v) is 4.27. The van der Waals surface area contributed by atoms with Crippen molar-refractivity contribution in [2.45, 2.75) is 53.6 Å². The maximum atomic E-state index is 4.53. The van der Waals surface area contributed by atoms with Crippen molar-refractivity contribution in [3.63, 3.8) is 0 Å². The van der Waals surface area contributed by atoms with Crippen LogP contribution in [0.15, 0.2) is 0 Å². The Morgan fingerprint density at radius 1 is 1.33 bits per heavy atom. The first kappa shape index (κ1) is 12.2. The summed E-state index contributed by atoms with van der Waals surface area (Å²) < 4.78 is 2.12. The molecule has 3 nitrogen and oxygen atoms in total. The smallest absolute Gasteiger partial charge is 0.0625 e. The quantitative estimate of drug-likeness (QED) is 0.805. The summed E-state index contributed by atoms with van der Waals surface area (Å²) in [4.78, 5) is 0. The van der Waals surface area contributed by atoms with E-state index >= 15 is 0 Å². The number of hydrogen-bond donors (Lipinski definition) is 1. The molecule has 0 radical (unpaired) electrons. The van der Waals surface area contributed by atoms with Crippen molar-refractivity contribution < 1.29 is 0 Å². The van der Waals surface area contributed by atoms with Gasteiger partial charge in [0.05, 0.1) is 5.69 Å². The topological polar surface area (TPSA) is 29.9 Å². The van der Waals surface area contributed by atoms with Crippen molar-refractivity contribution in [1.29, 1.82) is 0 Å². The Balaban J connectivity index is 2.54. The van der Waals surface area contributed by atoms with E-state index < -0.39 is 0 Å². The largest absolute Gasteiger partial charge is 0.314 e. The number of nitrogens with zero attached hydrogens (tertiary/aromatic N) is 2. The Morgan fingerprint density at radius 3 is 2.47 bits per heavy atom. The molecule has 1 unspecified atom stereocenters. The molecule has 1 aromatic heterocycles. The van der Waals surface area contributed by atoms with Gasteiger partial charge in [-0.15, -0.1) is 0 Å². The minimum Gasteiger partial charge on any atom is -0.314 e. The minimum absolute atomic E-state index is 0.569. The third-order valence-corrected chi connectivity index (χ3v) is 3.07. The zero-order valence-corrected chi connectivity index (χ0v) is 10.6. The molecule has 15 heavy (non-hydrogen) atoms. The zero-order chi connectivity index (χ0) is 11.4. The van der Waals surface area contributed by atoms with Crippen LogP contribution in [0, 0.1) is 20.8 Å². The lowest BCUT2D eigenvalue weighted by molar-refractivity contribution is 0.462. The number of nitrogens with one attached hydrogen (secondary N) is 1. The second kappa shape index (κ2) is 5.31.